The molecule has 0 heterocycles. The molecular weight excluding hydrogens is 357 g/mol. The highest BCUT2D eigenvalue weighted by Crippen LogP contribution is 2.36. The first-order valence-corrected chi connectivity index (χ1v) is 6.17. The van der Waals surface area contributed by atoms with Crippen molar-refractivity contribution in [3.8, 4) is 17.8 Å². The van der Waals surface area contributed by atoms with Crippen LogP contribution in [-0.4, -0.2) is 4.43 Å². The molecule has 0 aliphatic carbocycles. The Morgan fingerprint density at radius 1 is 1.21 bits per heavy atom. The fourth-order valence-corrected chi connectivity index (χ4v) is 1.43. The van der Waals surface area contributed by atoms with Crippen LogP contribution in [0.5, 0.6) is 5.75 Å². The molecule has 0 aromatic heterocycles. The SMILES string of the molecule is Clc1ccc(OC#CCI)c(Cl)c1Cl. The van der Waals surface area contributed by atoms with Gasteiger partial charge in [-0.3, -0.25) is 0 Å². The van der Waals surface area contributed by atoms with Gasteiger partial charge in [0.05, 0.1) is 14.5 Å². The molecule has 0 fully saturated rings. The molecule has 0 bridgehead atoms. The normalized spacial score (nSPS) is 9.14. The highest BCUT2D eigenvalue weighted by atomic mass is 127. The zero-order chi connectivity index (χ0) is 10.6. The van der Waals surface area contributed by atoms with E-state index in [0.29, 0.717) is 15.2 Å². The van der Waals surface area contributed by atoms with Crippen LogP contribution >= 0.6 is 57.4 Å². The second-order valence-corrected chi connectivity index (χ2v) is 4.11. The van der Waals surface area contributed by atoms with Crippen LogP contribution in [0.3, 0.4) is 0 Å². The van der Waals surface area contributed by atoms with Gasteiger partial charge >= 0.3 is 0 Å². The minimum Gasteiger partial charge on any atom is -0.406 e. The first-order chi connectivity index (χ1) is 6.66. The molecule has 5 heteroatoms. The number of hydrogen-bond acceptors (Lipinski definition) is 1. The molecule has 1 aromatic rings. The van der Waals surface area contributed by atoms with Crippen LogP contribution in [0.4, 0.5) is 0 Å². The van der Waals surface area contributed by atoms with Crippen molar-refractivity contribution >= 4 is 57.4 Å². The highest BCUT2D eigenvalue weighted by Gasteiger charge is 2.08. The van der Waals surface area contributed by atoms with E-state index in [4.69, 9.17) is 39.5 Å². The maximum atomic E-state index is 5.87. The van der Waals surface area contributed by atoms with Gasteiger partial charge in [-0.25, -0.2) is 0 Å². The van der Waals surface area contributed by atoms with E-state index in [1.165, 1.54) is 0 Å². The molecule has 0 atom stereocenters. The molecule has 1 rings (SSSR count). The summed E-state index contributed by atoms with van der Waals surface area (Å²) in [6.07, 6.45) is 2.50. The first kappa shape index (κ1) is 12.3. The number of rotatable bonds is 1. The second kappa shape index (κ2) is 5.92. The summed E-state index contributed by atoms with van der Waals surface area (Å²) in [6.45, 7) is 0. The molecule has 74 valence electrons. The Kier molecular flexibility index (Phi) is 5.18. The van der Waals surface area contributed by atoms with Crippen molar-refractivity contribution in [1.82, 2.24) is 0 Å². The number of ether oxygens (including phenoxy) is 1. The maximum absolute atomic E-state index is 5.87. The van der Waals surface area contributed by atoms with Crippen molar-refractivity contribution in [3.05, 3.63) is 27.2 Å². The van der Waals surface area contributed by atoms with Gasteiger partial charge in [0.25, 0.3) is 0 Å². The standard InChI is InChI=1S/C9H4Cl3IO/c10-6-2-3-7(9(12)8(6)11)14-5-1-4-13/h2-3H,4H2. The van der Waals surface area contributed by atoms with E-state index in [2.05, 4.69) is 34.6 Å². The summed E-state index contributed by atoms with van der Waals surface area (Å²) >= 11 is 19.5. The molecule has 1 nitrogen and oxygen atoms in total. The van der Waals surface area contributed by atoms with E-state index < -0.39 is 0 Å². The lowest BCUT2D eigenvalue weighted by Gasteiger charge is -2.03. The van der Waals surface area contributed by atoms with Crippen LogP contribution in [0.15, 0.2) is 12.1 Å². The summed E-state index contributed by atoms with van der Waals surface area (Å²) in [5.74, 6) is 3.15. The van der Waals surface area contributed by atoms with Crippen molar-refractivity contribution < 1.29 is 4.74 Å². The van der Waals surface area contributed by atoms with Gasteiger partial charge in [0.15, 0.2) is 5.75 Å². The molecule has 0 aliphatic rings. The summed E-state index contributed by atoms with van der Waals surface area (Å²) in [7, 11) is 0. The minimum absolute atomic E-state index is 0.280. The van der Waals surface area contributed by atoms with Crippen LogP contribution in [0.1, 0.15) is 0 Å². The predicted molar refractivity (Wildman–Crippen MR) is 68.8 cm³/mol. The van der Waals surface area contributed by atoms with Crippen LogP contribution < -0.4 is 4.74 Å². The Balaban J connectivity index is 2.94. The van der Waals surface area contributed by atoms with Crippen LogP contribution in [0.2, 0.25) is 15.1 Å². The lowest BCUT2D eigenvalue weighted by molar-refractivity contribution is 0.520. The molecule has 0 radical (unpaired) electrons. The van der Waals surface area contributed by atoms with Crippen molar-refractivity contribution in [2.24, 2.45) is 0 Å². The zero-order valence-electron chi connectivity index (χ0n) is 6.78. The molecule has 0 N–H and O–H groups in total. The fraction of sp³-hybridized carbons (Fsp3) is 0.111. The Bertz CT molecular complexity index is 395. The van der Waals surface area contributed by atoms with Gasteiger partial charge in [-0.15, -0.1) is 0 Å². The van der Waals surface area contributed by atoms with Gasteiger partial charge in [0.2, 0.25) is 0 Å². The van der Waals surface area contributed by atoms with Gasteiger partial charge < -0.3 is 4.74 Å². The molecule has 0 spiro atoms. The number of benzene rings is 1. The van der Waals surface area contributed by atoms with Crippen molar-refractivity contribution in [1.29, 1.82) is 0 Å². The Hall–Kier alpha value is 0.180. The third-order valence-corrected chi connectivity index (χ3v) is 2.96. The van der Waals surface area contributed by atoms with Gasteiger partial charge in [-0.05, 0) is 18.1 Å². The molecular formula is C9H4Cl3IO. The summed E-state index contributed by atoms with van der Waals surface area (Å²) in [6, 6.07) is 3.23. The van der Waals surface area contributed by atoms with Crippen molar-refractivity contribution in [3.63, 3.8) is 0 Å². The molecule has 1 aromatic carbocycles. The quantitative estimate of drug-likeness (QED) is 0.311. The largest absolute Gasteiger partial charge is 0.406 e. The predicted octanol–water partition coefficient (Wildman–Crippen LogP) is 4.42. The zero-order valence-corrected chi connectivity index (χ0v) is 11.2. The fourth-order valence-electron chi connectivity index (χ4n) is 0.705. The van der Waals surface area contributed by atoms with Crippen LogP contribution in [-0.2, 0) is 0 Å². The van der Waals surface area contributed by atoms with Gasteiger partial charge in [-0.1, -0.05) is 57.4 Å². The minimum atomic E-state index is 0.280. The average Bonchev–Trinajstić information content (AvgIpc) is 2.18. The van der Waals surface area contributed by atoms with Gasteiger partial charge in [0, 0.05) is 0 Å². The van der Waals surface area contributed by atoms with E-state index in [9.17, 15) is 0 Å². The van der Waals surface area contributed by atoms with E-state index >= 15 is 0 Å². The van der Waals surface area contributed by atoms with E-state index in [0.717, 1.165) is 0 Å². The lowest BCUT2D eigenvalue weighted by Crippen LogP contribution is -1.85. The summed E-state index contributed by atoms with van der Waals surface area (Å²) < 4.78 is 5.76. The second-order valence-electron chi connectivity index (χ2n) is 2.19. The Morgan fingerprint density at radius 2 is 1.93 bits per heavy atom. The van der Waals surface area contributed by atoms with Crippen LogP contribution in [0, 0.1) is 12.0 Å². The van der Waals surface area contributed by atoms with Crippen LogP contribution in [0.25, 0.3) is 0 Å². The van der Waals surface area contributed by atoms with Crippen molar-refractivity contribution in [2.75, 3.05) is 4.43 Å². The van der Waals surface area contributed by atoms with Gasteiger partial charge in [0.1, 0.15) is 11.1 Å². The molecule has 0 saturated heterocycles. The maximum Gasteiger partial charge on any atom is 0.160 e. The Labute approximate surface area is 111 Å². The van der Waals surface area contributed by atoms with E-state index in [-0.39, 0.29) is 10.0 Å². The third-order valence-electron chi connectivity index (χ3n) is 1.30. The lowest BCUT2D eigenvalue weighted by atomic mass is 10.3. The highest BCUT2D eigenvalue weighted by molar-refractivity contribution is 14.1. The molecule has 0 aliphatic heterocycles. The number of halogens is 4. The summed E-state index contributed by atoms with van der Waals surface area (Å²) in [5, 5.41) is 0.954. The van der Waals surface area contributed by atoms with Crippen molar-refractivity contribution in [2.45, 2.75) is 0 Å². The number of alkyl halides is 1. The molecule has 0 amide bonds. The first-order valence-electron chi connectivity index (χ1n) is 3.51. The summed E-state index contributed by atoms with van der Waals surface area (Å²) in [4.78, 5) is 0. The summed E-state index contributed by atoms with van der Waals surface area (Å²) in [5.41, 5.74) is 0. The van der Waals surface area contributed by atoms with E-state index in [1.807, 2.05) is 0 Å². The topological polar surface area (TPSA) is 9.23 Å². The molecule has 0 saturated carbocycles. The Morgan fingerprint density at radius 3 is 2.57 bits per heavy atom. The van der Waals surface area contributed by atoms with Gasteiger partial charge in [-0.2, -0.15) is 0 Å². The molecule has 14 heavy (non-hydrogen) atoms. The molecule has 0 unspecified atom stereocenters. The third kappa shape index (κ3) is 3.09. The monoisotopic (exact) mass is 360 g/mol. The smallest absolute Gasteiger partial charge is 0.160 e. The van der Waals surface area contributed by atoms with E-state index in [1.54, 1.807) is 12.1 Å². The number of hydrogen-bond donors (Lipinski definition) is 0. The average molecular weight is 361 g/mol.